The standard InChI is InChI=1S/C15H23N3O3S/c1-4-7-16-15(21)10(2)17-14(20)9-12(18-11(3)19)13-6-5-8-22-13/h5-6,8,10,12H,4,7,9H2,1-3H3,(H,16,21)(H,17,20)(H,18,19)/t10-,12+/m0/s1. The van der Waals surface area contributed by atoms with Gasteiger partial charge in [-0.1, -0.05) is 13.0 Å². The lowest BCUT2D eigenvalue weighted by molar-refractivity contribution is -0.129. The molecule has 0 aliphatic heterocycles. The summed E-state index contributed by atoms with van der Waals surface area (Å²) in [7, 11) is 0. The third-order valence-electron chi connectivity index (χ3n) is 2.97. The van der Waals surface area contributed by atoms with Gasteiger partial charge in [0.15, 0.2) is 0 Å². The van der Waals surface area contributed by atoms with Gasteiger partial charge in [0, 0.05) is 18.3 Å². The van der Waals surface area contributed by atoms with Crippen LogP contribution in [0.4, 0.5) is 0 Å². The van der Waals surface area contributed by atoms with Gasteiger partial charge in [-0.05, 0) is 24.8 Å². The van der Waals surface area contributed by atoms with Crippen molar-refractivity contribution in [1.82, 2.24) is 16.0 Å². The molecule has 0 bridgehead atoms. The molecule has 122 valence electrons. The Labute approximate surface area is 134 Å². The summed E-state index contributed by atoms with van der Waals surface area (Å²) in [5, 5.41) is 10.0. The first-order chi connectivity index (χ1) is 10.4. The highest BCUT2D eigenvalue weighted by Gasteiger charge is 2.21. The molecule has 3 N–H and O–H groups in total. The van der Waals surface area contributed by atoms with Crippen molar-refractivity contribution in [1.29, 1.82) is 0 Å². The van der Waals surface area contributed by atoms with Crippen LogP contribution in [0.1, 0.15) is 44.5 Å². The predicted octanol–water partition coefficient (Wildman–Crippen LogP) is 1.35. The quantitative estimate of drug-likeness (QED) is 0.674. The van der Waals surface area contributed by atoms with Crippen molar-refractivity contribution in [2.75, 3.05) is 6.54 Å². The van der Waals surface area contributed by atoms with Gasteiger partial charge in [0.1, 0.15) is 6.04 Å². The van der Waals surface area contributed by atoms with E-state index in [1.54, 1.807) is 6.92 Å². The molecule has 3 amide bonds. The number of carbonyl (C=O) groups excluding carboxylic acids is 3. The van der Waals surface area contributed by atoms with Gasteiger partial charge in [0.2, 0.25) is 17.7 Å². The molecule has 0 aliphatic carbocycles. The topological polar surface area (TPSA) is 87.3 Å². The smallest absolute Gasteiger partial charge is 0.242 e. The minimum atomic E-state index is -0.597. The van der Waals surface area contributed by atoms with Gasteiger partial charge in [-0.15, -0.1) is 11.3 Å². The van der Waals surface area contributed by atoms with Crippen molar-refractivity contribution < 1.29 is 14.4 Å². The maximum Gasteiger partial charge on any atom is 0.242 e. The normalized spacial score (nSPS) is 13.0. The minimum Gasteiger partial charge on any atom is -0.354 e. The molecule has 0 saturated carbocycles. The van der Waals surface area contributed by atoms with Crippen LogP contribution in [0.2, 0.25) is 0 Å². The molecule has 0 aliphatic rings. The fourth-order valence-electron chi connectivity index (χ4n) is 1.91. The van der Waals surface area contributed by atoms with Crippen LogP contribution in [0.15, 0.2) is 17.5 Å². The molecule has 0 saturated heterocycles. The summed E-state index contributed by atoms with van der Waals surface area (Å²) in [5.41, 5.74) is 0. The highest BCUT2D eigenvalue weighted by molar-refractivity contribution is 7.10. The molecule has 1 aromatic rings. The van der Waals surface area contributed by atoms with Gasteiger partial charge >= 0.3 is 0 Å². The number of hydrogen-bond acceptors (Lipinski definition) is 4. The number of rotatable bonds is 8. The van der Waals surface area contributed by atoms with Gasteiger partial charge in [-0.25, -0.2) is 0 Å². The van der Waals surface area contributed by atoms with Gasteiger partial charge in [-0.3, -0.25) is 14.4 Å². The second kappa shape index (κ2) is 9.19. The summed E-state index contributed by atoms with van der Waals surface area (Å²) >= 11 is 1.48. The predicted molar refractivity (Wildman–Crippen MR) is 86.4 cm³/mol. The molecule has 0 spiro atoms. The third-order valence-corrected chi connectivity index (χ3v) is 3.96. The molecule has 2 atom stereocenters. The number of thiophene rings is 1. The van der Waals surface area contributed by atoms with Gasteiger partial charge < -0.3 is 16.0 Å². The SMILES string of the molecule is CCCNC(=O)[C@H](C)NC(=O)C[C@@H](NC(C)=O)c1cccs1. The van der Waals surface area contributed by atoms with Crippen LogP contribution in [0.3, 0.4) is 0 Å². The van der Waals surface area contributed by atoms with E-state index in [0.29, 0.717) is 6.54 Å². The van der Waals surface area contributed by atoms with E-state index in [4.69, 9.17) is 0 Å². The molecule has 0 fully saturated rings. The first kappa shape index (κ1) is 18.2. The van der Waals surface area contributed by atoms with E-state index in [2.05, 4.69) is 16.0 Å². The average molecular weight is 325 g/mol. The summed E-state index contributed by atoms with van der Waals surface area (Å²) < 4.78 is 0. The van der Waals surface area contributed by atoms with Crippen LogP contribution < -0.4 is 16.0 Å². The highest BCUT2D eigenvalue weighted by atomic mass is 32.1. The summed E-state index contributed by atoms with van der Waals surface area (Å²) in [6.07, 6.45) is 0.945. The van der Waals surface area contributed by atoms with E-state index in [1.165, 1.54) is 18.3 Å². The van der Waals surface area contributed by atoms with Gasteiger partial charge in [0.05, 0.1) is 12.5 Å². The fourth-order valence-corrected chi connectivity index (χ4v) is 2.69. The lowest BCUT2D eigenvalue weighted by Gasteiger charge is -2.18. The monoisotopic (exact) mass is 325 g/mol. The maximum atomic E-state index is 12.1. The summed E-state index contributed by atoms with van der Waals surface area (Å²) in [5.74, 6) is -0.673. The van der Waals surface area contributed by atoms with E-state index in [0.717, 1.165) is 11.3 Å². The van der Waals surface area contributed by atoms with Crippen LogP contribution in [0.5, 0.6) is 0 Å². The molecule has 7 heteroatoms. The Bertz CT molecular complexity index is 502. The molecular weight excluding hydrogens is 302 g/mol. The van der Waals surface area contributed by atoms with Gasteiger partial charge in [-0.2, -0.15) is 0 Å². The first-order valence-corrected chi connectivity index (χ1v) is 8.19. The van der Waals surface area contributed by atoms with Crippen LogP contribution in [-0.2, 0) is 14.4 Å². The summed E-state index contributed by atoms with van der Waals surface area (Å²) in [6, 6.07) is 2.77. The van der Waals surface area contributed by atoms with E-state index in [-0.39, 0.29) is 30.2 Å². The Balaban J connectivity index is 2.56. The molecule has 1 aromatic heterocycles. The van der Waals surface area contributed by atoms with Gasteiger partial charge in [0.25, 0.3) is 0 Å². The van der Waals surface area contributed by atoms with Crippen molar-refractivity contribution in [3.05, 3.63) is 22.4 Å². The van der Waals surface area contributed by atoms with Crippen molar-refractivity contribution >= 4 is 29.1 Å². The molecule has 1 heterocycles. The highest BCUT2D eigenvalue weighted by Crippen LogP contribution is 2.21. The molecule has 0 aromatic carbocycles. The van der Waals surface area contributed by atoms with Crippen LogP contribution in [0, 0.1) is 0 Å². The Morgan fingerprint density at radius 1 is 1.27 bits per heavy atom. The summed E-state index contributed by atoms with van der Waals surface area (Å²) in [4.78, 5) is 36.0. The zero-order valence-corrected chi connectivity index (χ0v) is 14.0. The van der Waals surface area contributed by atoms with E-state index in [9.17, 15) is 14.4 Å². The summed E-state index contributed by atoms with van der Waals surface area (Å²) in [6.45, 7) is 5.60. The number of carbonyl (C=O) groups is 3. The lowest BCUT2D eigenvalue weighted by atomic mass is 10.1. The Hall–Kier alpha value is -1.89. The van der Waals surface area contributed by atoms with E-state index >= 15 is 0 Å². The van der Waals surface area contributed by atoms with E-state index in [1.807, 2.05) is 24.4 Å². The van der Waals surface area contributed by atoms with Crippen molar-refractivity contribution in [2.45, 2.75) is 45.7 Å². The average Bonchev–Trinajstić information content (AvgIpc) is 2.97. The molecular formula is C15H23N3O3S. The third kappa shape index (κ3) is 6.26. The number of nitrogens with one attached hydrogen (secondary N) is 3. The second-order valence-electron chi connectivity index (χ2n) is 5.05. The second-order valence-corrected chi connectivity index (χ2v) is 6.03. The zero-order chi connectivity index (χ0) is 16.5. The minimum absolute atomic E-state index is 0.103. The van der Waals surface area contributed by atoms with E-state index < -0.39 is 6.04 Å². The molecule has 6 nitrogen and oxygen atoms in total. The van der Waals surface area contributed by atoms with Crippen LogP contribution in [0.25, 0.3) is 0 Å². The fraction of sp³-hybridized carbons (Fsp3) is 0.533. The van der Waals surface area contributed by atoms with Crippen molar-refractivity contribution in [2.24, 2.45) is 0 Å². The molecule has 0 unspecified atom stereocenters. The van der Waals surface area contributed by atoms with Crippen LogP contribution >= 0.6 is 11.3 Å². The Morgan fingerprint density at radius 3 is 2.55 bits per heavy atom. The Morgan fingerprint density at radius 2 is 2.00 bits per heavy atom. The molecule has 1 rings (SSSR count). The zero-order valence-electron chi connectivity index (χ0n) is 13.1. The first-order valence-electron chi connectivity index (χ1n) is 7.31. The van der Waals surface area contributed by atoms with Crippen LogP contribution in [-0.4, -0.2) is 30.3 Å². The number of amides is 3. The maximum absolute atomic E-state index is 12.1. The number of hydrogen-bond donors (Lipinski definition) is 3. The Kier molecular flexibility index (Phi) is 7.59. The largest absolute Gasteiger partial charge is 0.354 e. The molecule has 0 radical (unpaired) electrons. The molecule has 22 heavy (non-hydrogen) atoms. The van der Waals surface area contributed by atoms with Crippen molar-refractivity contribution in [3.8, 4) is 0 Å². The lowest BCUT2D eigenvalue weighted by Crippen LogP contribution is -2.45. The van der Waals surface area contributed by atoms with Crippen molar-refractivity contribution in [3.63, 3.8) is 0 Å².